The van der Waals surface area contributed by atoms with Crippen molar-refractivity contribution < 1.29 is 32.8 Å². The van der Waals surface area contributed by atoms with Crippen LogP contribution in [0.3, 0.4) is 0 Å². The van der Waals surface area contributed by atoms with Gasteiger partial charge >= 0.3 is 13.8 Å². The monoisotopic (exact) mass is 782 g/mol. The van der Waals surface area contributed by atoms with Crippen molar-refractivity contribution in [3.63, 3.8) is 0 Å². The van der Waals surface area contributed by atoms with E-state index in [-0.39, 0.29) is 32.3 Å². The van der Waals surface area contributed by atoms with E-state index in [1.165, 1.54) is 128 Å². The number of esters is 1. The third-order valence-electron chi connectivity index (χ3n) is 9.31. The summed E-state index contributed by atoms with van der Waals surface area (Å²) in [5.74, 6) is -0.298. The molecule has 0 aliphatic rings. The molecule has 0 aromatic rings. The van der Waals surface area contributed by atoms with E-state index in [1.54, 1.807) is 6.26 Å². The molecule has 0 amide bonds. The van der Waals surface area contributed by atoms with Crippen LogP contribution in [0.1, 0.15) is 200 Å². The summed E-state index contributed by atoms with van der Waals surface area (Å²) in [7, 11) is -4.27. The molecule has 316 valence electrons. The normalized spacial score (nSPS) is 13.9. The Morgan fingerprint density at radius 3 is 1.52 bits per heavy atom. The first-order chi connectivity index (χ1) is 26.4. The Morgan fingerprint density at radius 2 is 1.00 bits per heavy atom. The van der Waals surface area contributed by atoms with E-state index >= 15 is 0 Å². The van der Waals surface area contributed by atoms with E-state index < -0.39 is 13.9 Å². The molecule has 3 N–H and O–H groups in total. The van der Waals surface area contributed by atoms with Gasteiger partial charge in [0, 0.05) is 13.0 Å². The Kier molecular flexibility index (Phi) is 41.1. The second-order valence-electron chi connectivity index (χ2n) is 14.6. The molecule has 0 spiro atoms. The Bertz CT molecular complexity index is 968. The predicted octanol–water partition coefficient (Wildman–Crippen LogP) is 13.5. The van der Waals surface area contributed by atoms with Crippen LogP contribution in [0.15, 0.2) is 48.8 Å². The van der Waals surface area contributed by atoms with Crippen LogP contribution in [0, 0.1) is 0 Å². The minimum absolute atomic E-state index is 0.0710. The van der Waals surface area contributed by atoms with Crippen molar-refractivity contribution in [1.82, 2.24) is 0 Å². The molecule has 0 fully saturated rings. The number of unbranched alkanes of at least 4 members (excludes halogenated alkanes) is 23. The first kappa shape index (κ1) is 52.3. The van der Waals surface area contributed by atoms with Crippen LogP contribution in [-0.4, -0.2) is 43.3 Å². The highest BCUT2D eigenvalue weighted by atomic mass is 31.2. The third-order valence-corrected chi connectivity index (χ3v) is 10.3. The summed E-state index contributed by atoms with van der Waals surface area (Å²) >= 11 is 0. The fraction of sp³-hybridized carbons (Fsp3) is 0.800. The topological polar surface area (TPSA) is 117 Å². The lowest BCUT2D eigenvalue weighted by Gasteiger charge is -2.19. The maximum Gasteiger partial charge on any atom is 0.472 e. The van der Waals surface area contributed by atoms with E-state index in [2.05, 4.69) is 50.3 Å². The summed E-state index contributed by atoms with van der Waals surface area (Å²) in [6.07, 6.45) is 50.8. The highest BCUT2D eigenvalue weighted by Crippen LogP contribution is 2.43. The average Bonchev–Trinajstić information content (AvgIpc) is 3.16. The van der Waals surface area contributed by atoms with Gasteiger partial charge in [0.2, 0.25) is 0 Å². The maximum atomic E-state index is 12.4. The van der Waals surface area contributed by atoms with E-state index in [4.69, 9.17) is 24.3 Å². The lowest BCUT2D eigenvalue weighted by Crippen LogP contribution is -2.25. The summed E-state index contributed by atoms with van der Waals surface area (Å²) in [5.41, 5.74) is 5.37. The third kappa shape index (κ3) is 41.5. The number of phosphoric ester groups is 1. The molecule has 0 bridgehead atoms. The SMILES string of the molecule is CCCCCC=CCC=CCCCCCCCCCCCC(=O)OCC(COP(=O)(O)OCCN)OC=CCCCCCCC=CCCCCCCCC. The summed E-state index contributed by atoms with van der Waals surface area (Å²) in [5, 5.41) is 0. The number of nitrogens with two attached hydrogens (primary N) is 1. The second kappa shape index (κ2) is 42.4. The first-order valence-electron chi connectivity index (χ1n) is 22.2. The molecule has 0 saturated carbocycles. The minimum Gasteiger partial charge on any atom is -0.492 e. The standard InChI is InChI=1S/C45H84NO7P/c1-3-5-7-9-11-13-15-17-19-21-22-23-24-26-28-30-32-34-36-38-45(47)51-42-44(43-53-54(48,49)52-41-39-46)50-40-37-35-33-31-29-27-25-20-18-16-14-12-10-8-6-4-2/h11,13,17-20,37,40,44H,3-10,12,14-16,21-36,38-39,41-43,46H2,1-2H3,(H,48,49). The Labute approximate surface area is 332 Å². The molecule has 2 atom stereocenters. The number of ether oxygens (including phenoxy) is 2. The van der Waals surface area contributed by atoms with Gasteiger partial charge in [0.05, 0.1) is 19.5 Å². The van der Waals surface area contributed by atoms with E-state index in [9.17, 15) is 14.3 Å². The molecule has 9 heteroatoms. The molecule has 0 saturated heterocycles. The quantitative estimate of drug-likeness (QED) is 0.0207. The zero-order valence-electron chi connectivity index (χ0n) is 35.0. The smallest absolute Gasteiger partial charge is 0.472 e. The summed E-state index contributed by atoms with van der Waals surface area (Å²) in [4.78, 5) is 22.3. The fourth-order valence-electron chi connectivity index (χ4n) is 5.95. The van der Waals surface area contributed by atoms with Gasteiger partial charge in [-0.05, 0) is 83.1 Å². The zero-order valence-corrected chi connectivity index (χ0v) is 35.8. The van der Waals surface area contributed by atoms with Gasteiger partial charge < -0.3 is 20.1 Å². The Morgan fingerprint density at radius 1 is 0.574 bits per heavy atom. The van der Waals surface area contributed by atoms with Gasteiger partial charge in [-0.2, -0.15) is 0 Å². The number of hydrogen-bond acceptors (Lipinski definition) is 7. The van der Waals surface area contributed by atoms with Crippen LogP contribution in [0.25, 0.3) is 0 Å². The number of allylic oxidation sites excluding steroid dienone is 7. The van der Waals surface area contributed by atoms with Gasteiger partial charge in [0.1, 0.15) is 6.61 Å². The average molecular weight is 782 g/mol. The molecule has 8 nitrogen and oxygen atoms in total. The minimum atomic E-state index is -4.27. The van der Waals surface area contributed by atoms with Gasteiger partial charge in [0.15, 0.2) is 6.10 Å². The zero-order chi connectivity index (χ0) is 39.5. The molecule has 0 aromatic heterocycles. The molecule has 2 unspecified atom stereocenters. The number of phosphoric acid groups is 1. The van der Waals surface area contributed by atoms with Crippen LogP contribution >= 0.6 is 7.82 Å². The number of rotatable bonds is 42. The molecule has 0 aliphatic heterocycles. The molecule has 0 heterocycles. The van der Waals surface area contributed by atoms with Crippen molar-refractivity contribution in [3.8, 4) is 0 Å². The van der Waals surface area contributed by atoms with E-state index in [0.29, 0.717) is 6.42 Å². The lowest BCUT2D eigenvalue weighted by molar-refractivity contribution is -0.147. The number of hydrogen-bond donors (Lipinski definition) is 2. The predicted molar refractivity (Wildman–Crippen MR) is 228 cm³/mol. The van der Waals surface area contributed by atoms with Gasteiger partial charge in [0.25, 0.3) is 0 Å². The molecule has 0 rings (SSSR count). The molecule has 54 heavy (non-hydrogen) atoms. The molecule has 0 aromatic carbocycles. The Balaban J connectivity index is 4.07. The van der Waals surface area contributed by atoms with Crippen molar-refractivity contribution in [2.24, 2.45) is 5.73 Å². The van der Waals surface area contributed by atoms with Crippen LogP contribution in [0.4, 0.5) is 0 Å². The molecular weight excluding hydrogens is 697 g/mol. The second-order valence-corrected chi connectivity index (χ2v) is 16.1. The van der Waals surface area contributed by atoms with Crippen molar-refractivity contribution in [3.05, 3.63) is 48.8 Å². The van der Waals surface area contributed by atoms with Crippen LogP contribution in [0.2, 0.25) is 0 Å². The summed E-state index contributed by atoms with van der Waals surface area (Å²) in [6.45, 7) is 4.18. The summed E-state index contributed by atoms with van der Waals surface area (Å²) in [6, 6.07) is 0. The van der Waals surface area contributed by atoms with Crippen molar-refractivity contribution in [2.75, 3.05) is 26.4 Å². The number of carbonyl (C=O) groups is 1. The Hall–Kier alpha value is -1.70. The molecular formula is C45H84NO7P. The van der Waals surface area contributed by atoms with E-state index in [1.807, 2.05) is 6.08 Å². The highest BCUT2D eigenvalue weighted by molar-refractivity contribution is 7.47. The van der Waals surface area contributed by atoms with Crippen LogP contribution < -0.4 is 5.73 Å². The van der Waals surface area contributed by atoms with Gasteiger partial charge in [-0.1, -0.05) is 153 Å². The first-order valence-corrected chi connectivity index (χ1v) is 23.7. The summed E-state index contributed by atoms with van der Waals surface area (Å²) < 4.78 is 33.2. The highest BCUT2D eigenvalue weighted by Gasteiger charge is 2.24. The lowest BCUT2D eigenvalue weighted by atomic mass is 10.1. The fourth-order valence-corrected chi connectivity index (χ4v) is 6.71. The van der Waals surface area contributed by atoms with Crippen molar-refractivity contribution >= 4 is 13.8 Å². The van der Waals surface area contributed by atoms with Crippen LogP contribution in [0.5, 0.6) is 0 Å². The van der Waals surface area contributed by atoms with Crippen molar-refractivity contribution in [1.29, 1.82) is 0 Å². The molecule has 0 radical (unpaired) electrons. The largest absolute Gasteiger partial charge is 0.492 e. The van der Waals surface area contributed by atoms with Crippen molar-refractivity contribution in [2.45, 2.75) is 206 Å². The van der Waals surface area contributed by atoms with Gasteiger partial charge in [-0.3, -0.25) is 13.8 Å². The van der Waals surface area contributed by atoms with Gasteiger partial charge in [-0.15, -0.1) is 0 Å². The van der Waals surface area contributed by atoms with Crippen LogP contribution in [-0.2, 0) is 27.9 Å². The number of carbonyl (C=O) groups excluding carboxylic acids is 1. The van der Waals surface area contributed by atoms with E-state index in [0.717, 1.165) is 51.4 Å². The van der Waals surface area contributed by atoms with Gasteiger partial charge in [-0.25, -0.2) is 4.57 Å². The molecule has 0 aliphatic carbocycles. The maximum absolute atomic E-state index is 12.4.